The molecular formula is C9H5F4IO2. The first-order valence-electron chi connectivity index (χ1n) is 4.28. The quantitative estimate of drug-likeness (QED) is 0.336. The largest absolute Gasteiger partial charge is 0.346 e. The van der Waals surface area contributed by atoms with E-state index < -0.39 is 35.1 Å². The molecule has 88 valence electrons. The van der Waals surface area contributed by atoms with Gasteiger partial charge in [-0.05, 0) is 22.6 Å². The van der Waals surface area contributed by atoms with Gasteiger partial charge in [-0.15, -0.1) is 0 Å². The van der Waals surface area contributed by atoms with E-state index in [1.807, 2.05) is 0 Å². The van der Waals surface area contributed by atoms with Gasteiger partial charge in [0.1, 0.15) is 0 Å². The minimum Gasteiger partial charge on any atom is -0.346 e. The lowest BCUT2D eigenvalue weighted by Gasteiger charge is -2.14. The molecule has 1 aliphatic rings. The van der Waals surface area contributed by atoms with Gasteiger partial charge in [-0.1, -0.05) is 0 Å². The van der Waals surface area contributed by atoms with Crippen molar-refractivity contribution >= 4 is 22.6 Å². The Morgan fingerprint density at radius 1 is 0.875 bits per heavy atom. The third-order valence-electron chi connectivity index (χ3n) is 2.10. The molecule has 0 N–H and O–H groups in total. The first kappa shape index (κ1) is 12.1. The van der Waals surface area contributed by atoms with Gasteiger partial charge in [0.2, 0.25) is 0 Å². The van der Waals surface area contributed by atoms with E-state index in [0.29, 0.717) is 0 Å². The van der Waals surface area contributed by atoms with Gasteiger partial charge in [-0.3, -0.25) is 0 Å². The van der Waals surface area contributed by atoms with Crippen molar-refractivity contribution in [2.75, 3.05) is 13.2 Å². The Morgan fingerprint density at radius 2 is 1.38 bits per heavy atom. The summed E-state index contributed by atoms with van der Waals surface area (Å²) in [6.45, 7) is 0.390. The molecule has 1 saturated heterocycles. The van der Waals surface area contributed by atoms with Crippen LogP contribution >= 0.6 is 22.6 Å². The summed E-state index contributed by atoms with van der Waals surface area (Å²) in [7, 11) is 0. The Morgan fingerprint density at radius 3 is 1.94 bits per heavy atom. The number of hydrogen-bond acceptors (Lipinski definition) is 2. The van der Waals surface area contributed by atoms with Gasteiger partial charge in [0.05, 0.1) is 22.3 Å². The zero-order valence-corrected chi connectivity index (χ0v) is 9.86. The summed E-state index contributed by atoms with van der Waals surface area (Å²) in [6, 6.07) is 0. The van der Waals surface area contributed by atoms with E-state index in [0.717, 1.165) is 0 Å². The van der Waals surface area contributed by atoms with Gasteiger partial charge in [0, 0.05) is 0 Å². The second-order valence-electron chi connectivity index (χ2n) is 3.06. The molecule has 0 aliphatic carbocycles. The molecule has 0 spiro atoms. The molecule has 0 unspecified atom stereocenters. The van der Waals surface area contributed by atoms with Crippen LogP contribution in [0.5, 0.6) is 0 Å². The molecule has 0 radical (unpaired) electrons. The standard InChI is InChI=1S/C9H5F4IO2/c10-4-3(9-15-1-2-16-9)8(14)7(13)6(12)5(4)11/h9H,1-2H2. The van der Waals surface area contributed by atoms with Gasteiger partial charge in [0.25, 0.3) is 0 Å². The monoisotopic (exact) mass is 348 g/mol. The maximum Gasteiger partial charge on any atom is 0.198 e. The maximum absolute atomic E-state index is 13.4. The molecule has 1 aliphatic heterocycles. The van der Waals surface area contributed by atoms with E-state index in [-0.39, 0.29) is 16.8 Å². The number of hydrogen-bond donors (Lipinski definition) is 0. The van der Waals surface area contributed by atoms with Crippen LogP contribution in [0, 0.1) is 26.8 Å². The van der Waals surface area contributed by atoms with Crippen molar-refractivity contribution in [1.82, 2.24) is 0 Å². The zero-order valence-electron chi connectivity index (χ0n) is 7.70. The molecule has 1 fully saturated rings. The highest BCUT2D eigenvalue weighted by molar-refractivity contribution is 14.1. The second kappa shape index (κ2) is 4.46. The average molecular weight is 348 g/mol. The Bertz CT molecular complexity index is 403. The summed E-state index contributed by atoms with van der Waals surface area (Å²) < 4.78 is 61.9. The van der Waals surface area contributed by atoms with Crippen LogP contribution in [0.3, 0.4) is 0 Å². The third-order valence-corrected chi connectivity index (χ3v) is 3.16. The normalized spacial score (nSPS) is 17.1. The molecule has 2 nitrogen and oxygen atoms in total. The molecule has 16 heavy (non-hydrogen) atoms. The lowest BCUT2D eigenvalue weighted by molar-refractivity contribution is -0.0479. The highest BCUT2D eigenvalue weighted by atomic mass is 127. The van der Waals surface area contributed by atoms with Crippen LogP contribution in [0.25, 0.3) is 0 Å². The van der Waals surface area contributed by atoms with Crippen LogP contribution in [0.1, 0.15) is 11.9 Å². The highest BCUT2D eigenvalue weighted by Crippen LogP contribution is 2.33. The van der Waals surface area contributed by atoms with Crippen LogP contribution in [0.2, 0.25) is 0 Å². The van der Waals surface area contributed by atoms with Gasteiger partial charge in [-0.25, -0.2) is 17.6 Å². The van der Waals surface area contributed by atoms with Crippen molar-refractivity contribution in [1.29, 1.82) is 0 Å². The van der Waals surface area contributed by atoms with Gasteiger partial charge < -0.3 is 9.47 Å². The van der Waals surface area contributed by atoms with Gasteiger partial charge >= 0.3 is 0 Å². The van der Waals surface area contributed by atoms with Crippen molar-refractivity contribution in [3.05, 3.63) is 32.4 Å². The SMILES string of the molecule is Fc1c(F)c(F)c(C2OCCO2)c(I)c1F. The van der Waals surface area contributed by atoms with E-state index in [9.17, 15) is 17.6 Å². The van der Waals surface area contributed by atoms with Crippen LogP contribution in [-0.4, -0.2) is 13.2 Å². The minimum absolute atomic E-state index is 0.195. The van der Waals surface area contributed by atoms with Crippen LogP contribution in [0.4, 0.5) is 17.6 Å². The Kier molecular flexibility index (Phi) is 3.36. The molecule has 0 atom stereocenters. The average Bonchev–Trinajstić information content (AvgIpc) is 2.77. The molecule has 1 heterocycles. The maximum atomic E-state index is 13.4. The predicted molar refractivity (Wildman–Crippen MR) is 53.6 cm³/mol. The fourth-order valence-corrected chi connectivity index (χ4v) is 2.08. The van der Waals surface area contributed by atoms with Crippen LogP contribution in [0.15, 0.2) is 0 Å². The molecule has 0 saturated carbocycles. The first-order chi connectivity index (χ1) is 7.54. The minimum atomic E-state index is -1.85. The first-order valence-corrected chi connectivity index (χ1v) is 5.36. The number of ether oxygens (including phenoxy) is 2. The molecule has 0 bridgehead atoms. The smallest absolute Gasteiger partial charge is 0.198 e. The van der Waals surface area contributed by atoms with E-state index in [1.165, 1.54) is 22.6 Å². The van der Waals surface area contributed by atoms with E-state index in [4.69, 9.17) is 9.47 Å². The number of halogens is 5. The summed E-state index contributed by atoms with van der Waals surface area (Å²) in [6.07, 6.45) is -1.18. The van der Waals surface area contributed by atoms with Gasteiger partial charge in [0.15, 0.2) is 29.6 Å². The number of benzene rings is 1. The van der Waals surface area contributed by atoms with Crippen molar-refractivity contribution in [3.63, 3.8) is 0 Å². The highest BCUT2D eigenvalue weighted by Gasteiger charge is 2.31. The molecule has 2 rings (SSSR count). The summed E-state index contributed by atoms with van der Waals surface area (Å²) in [5.74, 6) is -6.60. The molecule has 1 aromatic carbocycles. The predicted octanol–water partition coefficient (Wildman–Crippen LogP) is 2.89. The molecule has 7 heteroatoms. The summed E-state index contributed by atoms with van der Waals surface area (Å²) in [4.78, 5) is 0. The van der Waals surface area contributed by atoms with E-state index in [2.05, 4.69) is 0 Å². The molecular weight excluding hydrogens is 343 g/mol. The van der Waals surface area contributed by atoms with E-state index in [1.54, 1.807) is 0 Å². The lowest BCUT2D eigenvalue weighted by Crippen LogP contribution is -2.11. The fraction of sp³-hybridized carbons (Fsp3) is 0.333. The lowest BCUT2D eigenvalue weighted by atomic mass is 10.2. The Hall–Kier alpha value is -0.410. The summed E-state index contributed by atoms with van der Waals surface area (Å²) >= 11 is 1.38. The van der Waals surface area contributed by atoms with Crippen molar-refractivity contribution in [3.8, 4) is 0 Å². The van der Waals surface area contributed by atoms with Crippen LogP contribution < -0.4 is 0 Å². The fourth-order valence-electron chi connectivity index (χ4n) is 1.35. The van der Waals surface area contributed by atoms with Crippen molar-refractivity contribution in [2.24, 2.45) is 0 Å². The molecule has 0 amide bonds. The third kappa shape index (κ3) is 1.80. The van der Waals surface area contributed by atoms with Crippen molar-refractivity contribution < 1.29 is 27.0 Å². The van der Waals surface area contributed by atoms with Gasteiger partial charge in [-0.2, -0.15) is 0 Å². The zero-order chi connectivity index (χ0) is 11.9. The summed E-state index contributed by atoms with van der Waals surface area (Å²) in [5.41, 5.74) is -0.436. The second-order valence-corrected chi connectivity index (χ2v) is 4.14. The van der Waals surface area contributed by atoms with E-state index >= 15 is 0 Å². The Balaban J connectivity index is 2.59. The van der Waals surface area contributed by atoms with Crippen molar-refractivity contribution in [2.45, 2.75) is 6.29 Å². The summed E-state index contributed by atoms with van der Waals surface area (Å²) in [5, 5.41) is 0. The number of rotatable bonds is 1. The topological polar surface area (TPSA) is 18.5 Å². The van der Waals surface area contributed by atoms with Crippen LogP contribution in [-0.2, 0) is 9.47 Å². The molecule has 1 aromatic rings. The Labute approximate surface area is 102 Å². The molecule has 0 aromatic heterocycles.